The zero-order valence-corrected chi connectivity index (χ0v) is 39.8. The van der Waals surface area contributed by atoms with E-state index in [1.54, 1.807) is 115 Å². The van der Waals surface area contributed by atoms with Crippen LogP contribution < -0.4 is 9.80 Å². The Morgan fingerprint density at radius 1 is 0.342 bits per heavy atom. The van der Waals surface area contributed by atoms with Gasteiger partial charge in [0.2, 0.25) is 0 Å². The molecule has 0 bridgehead atoms. The first-order valence-electron chi connectivity index (χ1n) is 24.0. The lowest BCUT2D eigenvalue weighted by molar-refractivity contribution is 0.619. The summed E-state index contributed by atoms with van der Waals surface area (Å²) < 4.78 is 96.4. The molecule has 12 aromatic rings. The van der Waals surface area contributed by atoms with Gasteiger partial charge in [-0.15, -0.1) is 0 Å². The third kappa shape index (κ3) is 8.34. The van der Waals surface area contributed by atoms with E-state index < -0.39 is 34.9 Å². The minimum atomic E-state index is -0.680. The van der Waals surface area contributed by atoms with Crippen molar-refractivity contribution in [3.8, 4) is 50.6 Å². The van der Waals surface area contributed by atoms with E-state index >= 15 is 17.6 Å². The molecule has 10 heteroatoms. The molecule has 0 atom stereocenters. The molecule has 362 valence electrons. The Labute approximate surface area is 432 Å². The molecule has 0 N–H and O–H groups in total. The summed E-state index contributed by atoms with van der Waals surface area (Å²) in [6.45, 7) is 7.66. The van der Waals surface area contributed by atoms with Crippen LogP contribution in [-0.4, -0.2) is 0 Å². The topological polar surface area (TPSA) is 34.6 Å². The zero-order valence-electron chi connectivity index (χ0n) is 39.8. The molecule has 76 heavy (non-hydrogen) atoms. The highest BCUT2D eigenvalue weighted by Crippen LogP contribution is 2.52. The van der Waals surface area contributed by atoms with Gasteiger partial charge in [0.1, 0.15) is 34.9 Å². The van der Waals surface area contributed by atoms with Gasteiger partial charge >= 0.3 is 0 Å². The molecule has 0 heterocycles. The molecular formula is C66H36F6N4. The van der Waals surface area contributed by atoms with E-state index in [0.29, 0.717) is 99.5 Å². The van der Waals surface area contributed by atoms with Crippen LogP contribution in [0.4, 0.5) is 66.2 Å². The van der Waals surface area contributed by atoms with Crippen LogP contribution >= 0.6 is 0 Å². The summed E-state index contributed by atoms with van der Waals surface area (Å²) >= 11 is 0. The fourth-order valence-electron chi connectivity index (χ4n) is 10.2. The van der Waals surface area contributed by atoms with Gasteiger partial charge in [-0.25, -0.2) is 31.2 Å². The van der Waals surface area contributed by atoms with Crippen LogP contribution in [0.5, 0.6) is 0 Å². The number of rotatable bonds is 10. The Morgan fingerprint density at radius 3 is 1.11 bits per heavy atom. The normalized spacial score (nSPS) is 11.3. The fourth-order valence-corrected chi connectivity index (χ4v) is 10.2. The van der Waals surface area contributed by atoms with Gasteiger partial charge in [0.15, 0.2) is 5.69 Å². The number of anilines is 6. The highest BCUT2D eigenvalue weighted by molar-refractivity contribution is 6.29. The van der Waals surface area contributed by atoms with Gasteiger partial charge in [0.25, 0.3) is 0 Å². The molecule has 4 nitrogen and oxygen atoms in total. The van der Waals surface area contributed by atoms with Crippen LogP contribution in [0.15, 0.2) is 218 Å². The van der Waals surface area contributed by atoms with E-state index in [1.165, 1.54) is 58.3 Å². The minimum absolute atomic E-state index is 0.00489. The van der Waals surface area contributed by atoms with Crippen molar-refractivity contribution in [2.24, 2.45) is 0 Å². The predicted molar refractivity (Wildman–Crippen MR) is 292 cm³/mol. The molecule has 0 aliphatic rings. The summed E-state index contributed by atoms with van der Waals surface area (Å²) in [6, 6.07) is 60.3. The Morgan fingerprint density at radius 2 is 0.697 bits per heavy atom. The first kappa shape index (κ1) is 46.9. The molecule has 12 aromatic carbocycles. The maximum Gasteiger partial charge on any atom is 0.187 e. The second-order valence-electron chi connectivity index (χ2n) is 18.3. The van der Waals surface area contributed by atoms with Gasteiger partial charge in [-0.2, -0.15) is 5.26 Å². The molecule has 12 rings (SSSR count). The predicted octanol–water partition coefficient (Wildman–Crippen LogP) is 19.4. The van der Waals surface area contributed by atoms with Crippen molar-refractivity contribution in [2.75, 3.05) is 9.80 Å². The van der Waals surface area contributed by atoms with Gasteiger partial charge in [0, 0.05) is 10.8 Å². The van der Waals surface area contributed by atoms with Gasteiger partial charge in [-0.3, -0.25) is 0 Å². The second-order valence-corrected chi connectivity index (χ2v) is 18.3. The number of hydrogen-bond acceptors (Lipinski definition) is 3. The number of halogens is 6. The Balaban J connectivity index is 1.13. The van der Waals surface area contributed by atoms with E-state index in [0.717, 1.165) is 0 Å². The van der Waals surface area contributed by atoms with Crippen LogP contribution in [0, 0.1) is 52.8 Å². The third-order valence-electron chi connectivity index (χ3n) is 13.8. The number of hydrogen-bond donors (Lipinski definition) is 0. The van der Waals surface area contributed by atoms with Crippen molar-refractivity contribution in [2.45, 2.75) is 0 Å². The summed E-state index contributed by atoms with van der Waals surface area (Å²) in [6.07, 6.45) is 0. The van der Waals surface area contributed by atoms with Crippen molar-refractivity contribution in [1.82, 2.24) is 0 Å². The maximum absolute atomic E-state index is 17.0. The Hall–Kier alpha value is -10.2. The van der Waals surface area contributed by atoms with E-state index in [4.69, 9.17) is 6.57 Å². The molecule has 0 saturated heterocycles. The van der Waals surface area contributed by atoms with E-state index in [-0.39, 0.29) is 22.7 Å². The standard InChI is InChI=1S/C66H36F6N4/c1-74-52-11-3-8-43(31-52)47-21-29-58(72)64(35-47)76(62-33-45(19-27-56(62)70)41-16-24-51(68)25-17-41)60-37-49-10-4-12-53-59(36-48-9-5-13-54(60)66(48)65(49)53)75(61-32-44(18-26-55(61)69)40-14-22-50(67)23-15-40)63-34-46(20-28-57(63)71)42-7-2-6-39(30-42)38-73/h2-37H. The number of nitriles is 1. The van der Waals surface area contributed by atoms with Crippen molar-refractivity contribution in [1.29, 1.82) is 5.26 Å². The van der Waals surface area contributed by atoms with Crippen molar-refractivity contribution < 1.29 is 26.3 Å². The van der Waals surface area contributed by atoms with Crippen molar-refractivity contribution >= 4 is 72.1 Å². The van der Waals surface area contributed by atoms with Crippen LogP contribution in [0.3, 0.4) is 0 Å². The lowest BCUT2D eigenvalue weighted by Crippen LogP contribution is -2.15. The summed E-state index contributed by atoms with van der Waals surface area (Å²) in [4.78, 5) is 6.66. The quantitative estimate of drug-likeness (QED) is 0.0778. The first-order chi connectivity index (χ1) is 37.0. The maximum atomic E-state index is 17.0. The number of nitrogens with zero attached hydrogens (tertiary/aromatic N) is 4. The van der Waals surface area contributed by atoms with E-state index in [2.05, 4.69) is 10.9 Å². The molecule has 0 spiro atoms. The molecule has 0 fully saturated rings. The average Bonchev–Trinajstić information content (AvgIpc) is 3.59. The Kier molecular flexibility index (Phi) is 11.7. The highest BCUT2D eigenvalue weighted by atomic mass is 19.1. The summed E-state index contributed by atoms with van der Waals surface area (Å²) in [5.74, 6) is -3.60. The van der Waals surface area contributed by atoms with Crippen LogP contribution in [0.1, 0.15) is 5.56 Å². The molecule has 0 saturated carbocycles. The molecule has 0 radical (unpaired) electrons. The fraction of sp³-hybridized carbons (Fsp3) is 0. The molecule has 0 unspecified atom stereocenters. The van der Waals surface area contributed by atoms with Gasteiger partial charge in [-0.05, 0) is 169 Å². The van der Waals surface area contributed by atoms with Crippen LogP contribution in [-0.2, 0) is 0 Å². The molecule has 0 aliphatic carbocycles. The molecule has 0 aliphatic heterocycles. The van der Waals surface area contributed by atoms with Crippen molar-refractivity contribution in [3.63, 3.8) is 0 Å². The van der Waals surface area contributed by atoms with E-state index in [1.807, 2.05) is 54.6 Å². The van der Waals surface area contributed by atoms with Crippen molar-refractivity contribution in [3.05, 3.63) is 270 Å². The summed E-state index contributed by atoms with van der Waals surface area (Å²) in [5.41, 5.74) is 6.18. The van der Waals surface area contributed by atoms with Gasteiger partial charge < -0.3 is 9.80 Å². The van der Waals surface area contributed by atoms with Crippen LogP contribution in [0.25, 0.3) is 81.7 Å². The molecule has 0 aromatic heterocycles. The zero-order chi connectivity index (χ0) is 52.2. The average molecular weight is 999 g/mol. The molecular weight excluding hydrogens is 963 g/mol. The molecule has 0 amide bonds. The van der Waals surface area contributed by atoms with E-state index in [9.17, 15) is 14.0 Å². The largest absolute Gasteiger partial charge is 0.304 e. The highest BCUT2D eigenvalue weighted by Gasteiger charge is 2.29. The lowest BCUT2D eigenvalue weighted by atomic mass is 9.90. The SMILES string of the molecule is [C-]#[N+]c1cccc(-c2ccc(F)c(N(c3cc(-c4ccc(F)cc4)ccc3F)c3cc4cccc5c(N(c6cc(-c7ccc(F)cc7)ccc6F)c6cc(-c7cccc(C#N)c7)ccc6F)cc6cccc3c6c45)c2)c1. The first-order valence-corrected chi connectivity index (χ1v) is 24.0. The van der Waals surface area contributed by atoms with Crippen LogP contribution in [0.2, 0.25) is 0 Å². The summed E-state index contributed by atoms with van der Waals surface area (Å²) in [7, 11) is 0. The summed E-state index contributed by atoms with van der Waals surface area (Å²) in [5, 5.41) is 13.6. The van der Waals surface area contributed by atoms with Gasteiger partial charge in [0.05, 0.1) is 52.3 Å². The smallest absolute Gasteiger partial charge is 0.187 e. The third-order valence-corrected chi connectivity index (χ3v) is 13.8. The second kappa shape index (κ2) is 19.0. The monoisotopic (exact) mass is 998 g/mol. The lowest BCUT2D eigenvalue weighted by Gasteiger charge is -2.31. The van der Waals surface area contributed by atoms with Gasteiger partial charge in [-0.1, -0.05) is 115 Å². The minimum Gasteiger partial charge on any atom is -0.304 e. The number of benzene rings is 12. The Bertz CT molecular complexity index is 4070.